The summed E-state index contributed by atoms with van der Waals surface area (Å²) in [5, 5.41) is 0. The van der Waals surface area contributed by atoms with Gasteiger partial charge in [-0.05, 0) is 66.3 Å². The normalized spacial score (nSPS) is 12.0. The van der Waals surface area contributed by atoms with Crippen LogP contribution < -0.4 is 0 Å². The number of amides is 3. The average Bonchev–Trinajstić information content (AvgIpc) is 3.43. The first-order valence-corrected chi connectivity index (χ1v) is 18.7. The molecule has 0 saturated carbocycles. The third kappa shape index (κ3) is 12.3. The molecule has 2 heterocycles. The van der Waals surface area contributed by atoms with Crippen molar-refractivity contribution in [3.63, 3.8) is 0 Å². The Labute approximate surface area is 312 Å². The minimum atomic E-state index is -0.390. The van der Waals surface area contributed by atoms with Crippen molar-refractivity contribution < 1.29 is 24.0 Å². The van der Waals surface area contributed by atoms with Crippen LogP contribution in [0.2, 0.25) is 0 Å². The molecule has 2 aliphatic rings. The van der Waals surface area contributed by atoms with Gasteiger partial charge in [0.2, 0.25) is 0 Å². The number of carbonyl (C=O) groups is 5. The van der Waals surface area contributed by atoms with E-state index in [9.17, 15) is 24.0 Å². The highest BCUT2D eigenvalue weighted by molar-refractivity contribution is 6.22. The van der Waals surface area contributed by atoms with E-state index in [0.29, 0.717) is 24.1 Å². The highest BCUT2D eigenvalue weighted by Gasteiger charge is 2.36. The van der Waals surface area contributed by atoms with Gasteiger partial charge in [-0.3, -0.25) is 28.9 Å². The van der Waals surface area contributed by atoms with Crippen LogP contribution in [0.1, 0.15) is 114 Å². The average molecular weight is 707 g/mol. The second kappa shape index (κ2) is 24.1. The maximum Gasteiger partial charge on any atom is 0.261 e. The van der Waals surface area contributed by atoms with Crippen LogP contribution >= 0.6 is 0 Å². The molecule has 7 heteroatoms. The lowest BCUT2D eigenvalue weighted by Crippen LogP contribution is -2.41. The van der Waals surface area contributed by atoms with Gasteiger partial charge in [-0.1, -0.05) is 134 Å². The molecule has 4 aromatic carbocycles. The molecule has 0 bridgehead atoms. The van der Waals surface area contributed by atoms with Crippen molar-refractivity contribution in [2.24, 2.45) is 0 Å². The van der Waals surface area contributed by atoms with Gasteiger partial charge in [0, 0.05) is 24.9 Å². The molecule has 6 rings (SSSR count). The quantitative estimate of drug-likeness (QED) is 0.170. The number of ketones is 2. The van der Waals surface area contributed by atoms with E-state index in [4.69, 9.17) is 0 Å². The third-order valence-electron chi connectivity index (χ3n) is 8.06. The molecule has 0 aliphatic carbocycles. The van der Waals surface area contributed by atoms with Crippen LogP contribution in [0.3, 0.4) is 0 Å². The van der Waals surface area contributed by atoms with Gasteiger partial charge in [-0.25, -0.2) is 0 Å². The monoisotopic (exact) mass is 706 g/mol. The fourth-order valence-electron chi connectivity index (χ4n) is 5.55. The van der Waals surface area contributed by atoms with Crippen LogP contribution in [-0.2, 0) is 28.9 Å². The number of hydrogen-bond acceptors (Lipinski definition) is 5. The van der Waals surface area contributed by atoms with Crippen molar-refractivity contribution >= 4 is 29.3 Å². The van der Waals surface area contributed by atoms with E-state index in [-0.39, 0.29) is 37.0 Å². The van der Waals surface area contributed by atoms with Gasteiger partial charge in [0.1, 0.15) is 0 Å². The standard InChI is InChI=1S/C19H19NO2.C18H15NO3.4C2H6/c1-14-6-2-3-8-16(14)12-17(21)13-20-11-10-15-7-4-5-9-18(15)19(20)22;1-12-6-2-3-7-13(12)10-14(20)11-19-17(21)15-8-4-5-9-16(15)18(19)22;4*1-2/h2-9H,10-13H2,1H3;2-9H,10-11H2,1H3;4*1-2H3. The van der Waals surface area contributed by atoms with Gasteiger partial charge >= 0.3 is 0 Å². The van der Waals surface area contributed by atoms with Crippen LogP contribution in [-0.4, -0.2) is 58.7 Å². The number of imide groups is 1. The van der Waals surface area contributed by atoms with Gasteiger partial charge in [0.15, 0.2) is 11.6 Å². The number of rotatable bonds is 8. The zero-order valence-corrected chi connectivity index (χ0v) is 32.9. The SMILES string of the molecule is CC.CC.CC.CC.Cc1ccccc1CC(=O)CN1C(=O)c2ccccc2C1=O.Cc1ccccc1CC(=O)CN1CCc2ccccc2C1=O. The Morgan fingerprint density at radius 1 is 0.500 bits per heavy atom. The minimum Gasteiger partial charge on any atom is -0.331 e. The number of hydrogen-bond donors (Lipinski definition) is 0. The lowest BCUT2D eigenvalue weighted by atomic mass is 9.98. The molecule has 2 aliphatic heterocycles. The Bertz CT molecular complexity index is 1730. The summed E-state index contributed by atoms with van der Waals surface area (Å²) in [5.74, 6) is -0.872. The second-order valence-corrected chi connectivity index (χ2v) is 11.2. The van der Waals surface area contributed by atoms with Crippen molar-refractivity contribution in [3.05, 3.63) is 142 Å². The summed E-state index contributed by atoms with van der Waals surface area (Å²) in [5.41, 5.74) is 6.66. The minimum absolute atomic E-state index is 0.0278. The smallest absolute Gasteiger partial charge is 0.261 e. The molecule has 52 heavy (non-hydrogen) atoms. The van der Waals surface area contributed by atoms with Gasteiger partial charge in [0.05, 0.1) is 24.2 Å². The number of aryl methyl sites for hydroxylation is 2. The Morgan fingerprint density at radius 3 is 1.35 bits per heavy atom. The highest BCUT2D eigenvalue weighted by Crippen LogP contribution is 2.23. The zero-order valence-electron chi connectivity index (χ0n) is 32.9. The van der Waals surface area contributed by atoms with E-state index in [1.807, 2.05) is 142 Å². The topological polar surface area (TPSA) is 91.8 Å². The van der Waals surface area contributed by atoms with Crippen molar-refractivity contribution in [3.8, 4) is 0 Å². The first-order chi connectivity index (χ1) is 25.2. The molecule has 3 amide bonds. The largest absolute Gasteiger partial charge is 0.331 e. The number of carbonyl (C=O) groups excluding carboxylic acids is 5. The first kappa shape index (κ1) is 44.9. The number of nitrogens with zero attached hydrogens (tertiary/aromatic N) is 2. The third-order valence-corrected chi connectivity index (χ3v) is 8.06. The van der Waals surface area contributed by atoms with E-state index in [1.54, 1.807) is 29.2 Å². The molecular formula is C45H58N2O5. The van der Waals surface area contributed by atoms with E-state index < -0.39 is 11.8 Å². The predicted octanol–water partition coefficient (Wildman–Crippen LogP) is 9.31. The molecule has 4 aromatic rings. The predicted molar refractivity (Wildman–Crippen MR) is 213 cm³/mol. The molecule has 0 unspecified atom stereocenters. The summed E-state index contributed by atoms with van der Waals surface area (Å²) in [6.45, 7) is 20.6. The summed E-state index contributed by atoms with van der Waals surface area (Å²) in [6.07, 6.45) is 1.43. The lowest BCUT2D eigenvalue weighted by molar-refractivity contribution is -0.119. The molecule has 0 N–H and O–H groups in total. The van der Waals surface area contributed by atoms with Crippen molar-refractivity contribution in [2.75, 3.05) is 19.6 Å². The number of benzene rings is 4. The van der Waals surface area contributed by atoms with E-state index in [1.165, 1.54) is 0 Å². The van der Waals surface area contributed by atoms with Crippen molar-refractivity contribution in [1.82, 2.24) is 9.80 Å². The molecule has 0 spiro atoms. The summed E-state index contributed by atoms with van der Waals surface area (Å²) in [6, 6.07) is 29.8. The Kier molecular flexibility index (Phi) is 20.8. The number of fused-ring (bicyclic) bond motifs is 2. The summed E-state index contributed by atoms with van der Waals surface area (Å²) in [7, 11) is 0. The molecule has 0 aromatic heterocycles. The molecular weight excluding hydrogens is 649 g/mol. The molecule has 0 saturated heterocycles. The molecule has 0 fully saturated rings. The molecule has 0 radical (unpaired) electrons. The van der Waals surface area contributed by atoms with E-state index in [2.05, 4.69) is 0 Å². The van der Waals surface area contributed by atoms with E-state index >= 15 is 0 Å². The van der Waals surface area contributed by atoms with Crippen molar-refractivity contribution in [1.29, 1.82) is 0 Å². The lowest BCUT2D eigenvalue weighted by Gasteiger charge is -2.28. The highest BCUT2D eigenvalue weighted by atomic mass is 16.2. The first-order valence-electron chi connectivity index (χ1n) is 18.7. The van der Waals surface area contributed by atoms with Crippen LogP contribution in [0, 0.1) is 13.8 Å². The molecule has 278 valence electrons. The molecule has 0 atom stereocenters. The van der Waals surface area contributed by atoms with Gasteiger partial charge in [-0.2, -0.15) is 0 Å². The molecule has 7 nitrogen and oxygen atoms in total. The summed E-state index contributed by atoms with van der Waals surface area (Å²) < 4.78 is 0. The van der Waals surface area contributed by atoms with Gasteiger partial charge in [-0.15, -0.1) is 0 Å². The maximum atomic E-state index is 12.4. The fourth-order valence-corrected chi connectivity index (χ4v) is 5.55. The van der Waals surface area contributed by atoms with Gasteiger partial charge in [0.25, 0.3) is 17.7 Å². The van der Waals surface area contributed by atoms with Crippen LogP contribution in [0.5, 0.6) is 0 Å². The second-order valence-electron chi connectivity index (χ2n) is 11.2. The fraction of sp³-hybridized carbons (Fsp3) is 0.356. The maximum absolute atomic E-state index is 12.4. The van der Waals surface area contributed by atoms with Gasteiger partial charge < -0.3 is 4.90 Å². The van der Waals surface area contributed by atoms with Crippen molar-refractivity contribution in [2.45, 2.75) is 88.5 Å². The number of Topliss-reactive ketones (excluding diaryl/α,β-unsaturated/α-hetero) is 2. The summed E-state index contributed by atoms with van der Waals surface area (Å²) in [4.78, 5) is 64.1. The van der Waals surface area contributed by atoms with Crippen LogP contribution in [0.4, 0.5) is 0 Å². The Balaban J connectivity index is 0.000000437. The zero-order chi connectivity index (χ0) is 39.2. The Hall–Kier alpha value is -5.17. The van der Waals surface area contributed by atoms with Crippen LogP contribution in [0.15, 0.2) is 97.1 Å². The Morgan fingerprint density at radius 2 is 0.885 bits per heavy atom. The van der Waals surface area contributed by atoms with Crippen LogP contribution in [0.25, 0.3) is 0 Å². The van der Waals surface area contributed by atoms with E-state index in [0.717, 1.165) is 44.7 Å². The summed E-state index contributed by atoms with van der Waals surface area (Å²) >= 11 is 0.